The van der Waals surface area contributed by atoms with Crippen molar-refractivity contribution in [3.05, 3.63) is 52.9 Å². The largest absolute Gasteiger partial charge is 0.360 e. The molecular weight excluding hydrogens is 314 g/mol. The number of carbonyl (C=O) groups is 1. The van der Waals surface area contributed by atoms with Gasteiger partial charge in [-0.05, 0) is 49.9 Å². The van der Waals surface area contributed by atoms with Crippen LogP contribution in [0.2, 0.25) is 0 Å². The fraction of sp³-hybridized carbons (Fsp3) is 0.500. The third kappa shape index (κ3) is 4.28. The second-order valence-electron chi connectivity index (χ2n) is 7.22. The van der Waals surface area contributed by atoms with E-state index in [1.54, 1.807) is 6.07 Å². The molecule has 1 aromatic carbocycles. The van der Waals surface area contributed by atoms with E-state index in [2.05, 4.69) is 39.6 Å². The number of carbonyl (C=O) groups excluding carboxylic acids is 1. The smallest absolute Gasteiger partial charge is 0.273 e. The summed E-state index contributed by atoms with van der Waals surface area (Å²) in [7, 11) is 0. The molecule has 0 spiro atoms. The van der Waals surface area contributed by atoms with Gasteiger partial charge in [0.1, 0.15) is 5.76 Å². The Balaban J connectivity index is 1.27. The zero-order valence-electron chi connectivity index (χ0n) is 14.5. The fourth-order valence-corrected chi connectivity index (χ4v) is 3.37. The maximum absolute atomic E-state index is 12.2. The Kier molecular flexibility index (Phi) is 4.83. The lowest BCUT2D eigenvalue weighted by atomic mass is 10.1. The van der Waals surface area contributed by atoms with Crippen molar-refractivity contribution in [3.63, 3.8) is 0 Å². The maximum Gasteiger partial charge on any atom is 0.273 e. The number of hydrogen-bond donors (Lipinski definition) is 1. The second-order valence-corrected chi connectivity index (χ2v) is 7.22. The van der Waals surface area contributed by atoms with Gasteiger partial charge < -0.3 is 9.84 Å². The van der Waals surface area contributed by atoms with Crippen molar-refractivity contribution >= 4 is 5.91 Å². The van der Waals surface area contributed by atoms with Crippen LogP contribution in [-0.4, -0.2) is 29.1 Å². The van der Waals surface area contributed by atoms with Gasteiger partial charge in [0.15, 0.2) is 5.69 Å². The molecule has 1 N–H and O–H groups in total. The average molecular weight is 339 g/mol. The Morgan fingerprint density at radius 3 is 2.56 bits per heavy atom. The normalized spacial score (nSPS) is 18.2. The highest BCUT2D eigenvalue weighted by Gasteiger charge is 2.28. The van der Waals surface area contributed by atoms with E-state index in [9.17, 15) is 4.79 Å². The Labute approximate surface area is 148 Å². The van der Waals surface area contributed by atoms with Crippen molar-refractivity contribution in [2.75, 3.05) is 13.1 Å². The SMILES string of the molecule is O=C(NCc1ccc(CN2CCCCC2)cc1)c1cc(C2CC2)on1. The lowest BCUT2D eigenvalue weighted by Gasteiger charge is -2.26. The van der Waals surface area contributed by atoms with Crippen molar-refractivity contribution in [1.29, 1.82) is 0 Å². The summed E-state index contributed by atoms with van der Waals surface area (Å²) in [4.78, 5) is 14.7. The fourth-order valence-electron chi connectivity index (χ4n) is 3.37. The first-order chi connectivity index (χ1) is 12.3. The van der Waals surface area contributed by atoms with Crippen LogP contribution in [0.4, 0.5) is 0 Å². The van der Waals surface area contributed by atoms with E-state index >= 15 is 0 Å². The van der Waals surface area contributed by atoms with E-state index in [1.165, 1.54) is 37.9 Å². The molecule has 0 bridgehead atoms. The lowest BCUT2D eigenvalue weighted by Crippen LogP contribution is -2.29. The van der Waals surface area contributed by atoms with Gasteiger partial charge in [0.2, 0.25) is 0 Å². The summed E-state index contributed by atoms with van der Waals surface area (Å²) in [5, 5.41) is 6.79. The van der Waals surface area contributed by atoms with Crippen LogP contribution in [-0.2, 0) is 13.1 Å². The molecule has 0 unspecified atom stereocenters. The molecular formula is C20H25N3O2. The van der Waals surface area contributed by atoms with Crippen molar-refractivity contribution < 1.29 is 9.32 Å². The van der Waals surface area contributed by atoms with Crippen LogP contribution in [0.1, 0.15) is 65.4 Å². The monoisotopic (exact) mass is 339 g/mol. The van der Waals surface area contributed by atoms with Crippen LogP contribution < -0.4 is 5.32 Å². The zero-order chi connectivity index (χ0) is 17.1. The van der Waals surface area contributed by atoms with Gasteiger partial charge in [0.25, 0.3) is 5.91 Å². The van der Waals surface area contributed by atoms with Crippen LogP contribution in [0.3, 0.4) is 0 Å². The van der Waals surface area contributed by atoms with Gasteiger partial charge in [-0.25, -0.2) is 0 Å². The van der Waals surface area contributed by atoms with Crippen LogP contribution >= 0.6 is 0 Å². The van der Waals surface area contributed by atoms with Gasteiger partial charge in [-0.3, -0.25) is 9.69 Å². The van der Waals surface area contributed by atoms with E-state index in [1.807, 2.05) is 0 Å². The summed E-state index contributed by atoms with van der Waals surface area (Å²) < 4.78 is 5.23. The molecule has 0 radical (unpaired) electrons. The zero-order valence-corrected chi connectivity index (χ0v) is 14.5. The van der Waals surface area contributed by atoms with Gasteiger partial charge >= 0.3 is 0 Å². The Morgan fingerprint density at radius 1 is 1.12 bits per heavy atom. The van der Waals surface area contributed by atoms with Crippen molar-refractivity contribution in [2.24, 2.45) is 0 Å². The highest BCUT2D eigenvalue weighted by molar-refractivity contribution is 5.92. The van der Waals surface area contributed by atoms with Crippen LogP contribution in [0.5, 0.6) is 0 Å². The maximum atomic E-state index is 12.2. The minimum atomic E-state index is -0.173. The number of nitrogens with zero attached hydrogens (tertiary/aromatic N) is 2. The number of nitrogens with one attached hydrogen (secondary N) is 1. The second kappa shape index (κ2) is 7.40. The van der Waals surface area contributed by atoms with Gasteiger partial charge in [0, 0.05) is 25.1 Å². The molecule has 5 nitrogen and oxygen atoms in total. The molecule has 1 aliphatic carbocycles. The molecule has 4 rings (SSSR count). The Hall–Kier alpha value is -2.14. The third-order valence-electron chi connectivity index (χ3n) is 5.07. The molecule has 132 valence electrons. The highest BCUT2D eigenvalue weighted by atomic mass is 16.5. The summed E-state index contributed by atoms with van der Waals surface area (Å²) in [5.74, 6) is 1.14. The predicted molar refractivity (Wildman–Crippen MR) is 95.2 cm³/mol. The molecule has 2 heterocycles. The molecule has 2 aliphatic rings. The van der Waals surface area contributed by atoms with Crippen LogP contribution in [0.15, 0.2) is 34.9 Å². The molecule has 1 aromatic heterocycles. The van der Waals surface area contributed by atoms with E-state index < -0.39 is 0 Å². The number of hydrogen-bond acceptors (Lipinski definition) is 4. The van der Waals surface area contributed by atoms with E-state index in [-0.39, 0.29) is 5.91 Å². The number of amides is 1. The van der Waals surface area contributed by atoms with Gasteiger partial charge in [0.05, 0.1) is 0 Å². The lowest BCUT2D eigenvalue weighted by molar-refractivity contribution is 0.0941. The predicted octanol–water partition coefficient (Wildman–Crippen LogP) is 3.47. The Morgan fingerprint density at radius 2 is 1.84 bits per heavy atom. The minimum absolute atomic E-state index is 0.173. The first-order valence-corrected chi connectivity index (χ1v) is 9.33. The standard InChI is InChI=1S/C20H25N3O2/c24-20(18-12-19(25-22-18)17-8-9-17)21-13-15-4-6-16(7-5-15)14-23-10-2-1-3-11-23/h4-7,12,17H,1-3,8-11,13-14H2,(H,21,24). The first-order valence-electron chi connectivity index (χ1n) is 9.33. The summed E-state index contributed by atoms with van der Waals surface area (Å²) in [6.45, 7) is 3.95. The molecule has 2 fully saturated rings. The number of likely N-dealkylation sites (tertiary alicyclic amines) is 1. The quantitative estimate of drug-likeness (QED) is 0.875. The molecule has 1 amide bonds. The molecule has 25 heavy (non-hydrogen) atoms. The van der Waals surface area contributed by atoms with Crippen LogP contribution in [0.25, 0.3) is 0 Å². The van der Waals surface area contributed by atoms with E-state index in [0.717, 1.165) is 30.7 Å². The minimum Gasteiger partial charge on any atom is -0.360 e. The molecule has 2 aromatic rings. The number of rotatable bonds is 6. The summed E-state index contributed by atoms with van der Waals surface area (Å²) in [6, 6.07) is 10.3. The first kappa shape index (κ1) is 16.3. The summed E-state index contributed by atoms with van der Waals surface area (Å²) >= 11 is 0. The average Bonchev–Trinajstić information content (AvgIpc) is 3.38. The number of aromatic nitrogens is 1. The highest BCUT2D eigenvalue weighted by Crippen LogP contribution is 2.40. The van der Waals surface area contributed by atoms with Crippen LogP contribution in [0, 0.1) is 0 Å². The Bertz CT molecular complexity index is 713. The molecule has 1 saturated carbocycles. The molecule has 5 heteroatoms. The molecule has 0 atom stereocenters. The van der Waals surface area contributed by atoms with E-state index in [4.69, 9.17) is 4.52 Å². The van der Waals surface area contributed by atoms with Crippen molar-refractivity contribution in [2.45, 2.75) is 51.1 Å². The summed E-state index contributed by atoms with van der Waals surface area (Å²) in [5.41, 5.74) is 2.81. The molecule has 1 saturated heterocycles. The van der Waals surface area contributed by atoms with Gasteiger partial charge in [-0.15, -0.1) is 0 Å². The van der Waals surface area contributed by atoms with Crippen molar-refractivity contribution in [3.8, 4) is 0 Å². The van der Waals surface area contributed by atoms with Crippen molar-refractivity contribution in [1.82, 2.24) is 15.4 Å². The number of benzene rings is 1. The number of piperidine rings is 1. The summed E-state index contributed by atoms with van der Waals surface area (Å²) in [6.07, 6.45) is 6.27. The molecule has 1 aliphatic heterocycles. The third-order valence-corrected chi connectivity index (χ3v) is 5.07. The van der Waals surface area contributed by atoms with E-state index in [0.29, 0.717) is 18.2 Å². The van der Waals surface area contributed by atoms with Gasteiger partial charge in [-0.1, -0.05) is 35.8 Å². The van der Waals surface area contributed by atoms with Gasteiger partial charge in [-0.2, -0.15) is 0 Å². The topological polar surface area (TPSA) is 58.4 Å².